The monoisotopic (exact) mass is 240 g/mol. The summed E-state index contributed by atoms with van der Waals surface area (Å²) < 4.78 is 5.50. The molecule has 0 radical (unpaired) electrons. The predicted molar refractivity (Wildman–Crippen MR) is 71.0 cm³/mol. The molecule has 4 unspecified atom stereocenters. The summed E-state index contributed by atoms with van der Waals surface area (Å²) in [5.74, 6) is 0.727. The molecule has 2 rings (SSSR count). The molecule has 2 N–H and O–H groups in total. The summed E-state index contributed by atoms with van der Waals surface area (Å²) in [6.07, 6.45) is 8.29. The summed E-state index contributed by atoms with van der Waals surface area (Å²) in [6.45, 7) is 4.41. The van der Waals surface area contributed by atoms with Crippen LogP contribution in [0.2, 0.25) is 0 Å². The minimum Gasteiger partial charge on any atom is -0.381 e. The van der Waals surface area contributed by atoms with Crippen molar-refractivity contribution in [2.75, 3.05) is 20.2 Å². The molecule has 4 atom stereocenters. The first-order chi connectivity index (χ1) is 8.26. The van der Waals surface area contributed by atoms with Gasteiger partial charge in [-0.25, -0.2) is 0 Å². The van der Waals surface area contributed by atoms with Crippen LogP contribution in [0.5, 0.6) is 0 Å². The third kappa shape index (κ3) is 3.01. The van der Waals surface area contributed by atoms with E-state index in [9.17, 15) is 0 Å². The lowest BCUT2D eigenvalue weighted by Crippen LogP contribution is -2.53. The Bertz CT molecular complexity index is 234. The minimum absolute atomic E-state index is 0.473. The number of piperidine rings is 1. The average molecular weight is 240 g/mol. The van der Waals surface area contributed by atoms with Crippen LogP contribution >= 0.6 is 0 Å². The molecule has 0 aromatic rings. The third-order valence-electron chi connectivity index (χ3n) is 4.81. The predicted octanol–water partition coefficient (Wildman–Crippen LogP) is 2.00. The van der Waals surface area contributed by atoms with Crippen LogP contribution in [0.15, 0.2) is 0 Å². The Morgan fingerprint density at radius 1 is 1.24 bits per heavy atom. The minimum atomic E-state index is 0.473. The molecular formula is C14H28N2O. The van der Waals surface area contributed by atoms with Gasteiger partial charge >= 0.3 is 0 Å². The van der Waals surface area contributed by atoms with Crippen molar-refractivity contribution in [1.29, 1.82) is 0 Å². The number of methoxy groups -OCH3 is 1. The molecule has 1 saturated carbocycles. The van der Waals surface area contributed by atoms with Crippen LogP contribution in [0.25, 0.3) is 0 Å². The van der Waals surface area contributed by atoms with Gasteiger partial charge in [0.25, 0.3) is 0 Å². The zero-order valence-corrected chi connectivity index (χ0v) is 11.4. The molecule has 0 amide bonds. The maximum absolute atomic E-state index is 5.95. The topological polar surface area (TPSA) is 38.5 Å². The summed E-state index contributed by atoms with van der Waals surface area (Å²) in [6, 6.07) is 1.40. The number of nitrogens with two attached hydrogens (primary N) is 1. The lowest BCUT2D eigenvalue weighted by molar-refractivity contribution is -0.0205. The van der Waals surface area contributed by atoms with E-state index in [0.717, 1.165) is 18.5 Å². The Morgan fingerprint density at radius 3 is 2.65 bits per heavy atom. The highest BCUT2D eigenvalue weighted by Gasteiger charge is 2.35. The van der Waals surface area contributed by atoms with Crippen molar-refractivity contribution >= 4 is 0 Å². The SMILES string of the molecule is COC1CCN(C2CCCCC2CN)C(C)C1. The fourth-order valence-electron chi connectivity index (χ4n) is 3.75. The lowest BCUT2D eigenvalue weighted by atomic mass is 9.81. The fraction of sp³-hybridized carbons (Fsp3) is 1.00. The van der Waals surface area contributed by atoms with Crippen LogP contribution in [0.4, 0.5) is 0 Å². The van der Waals surface area contributed by atoms with E-state index in [1.807, 2.05) is 7.11 Å². The molecule has 3 nitrogen and oxygen atoms in total. The van der Waals surface area contributed by atoms with Gasteiger partial charge in [0.2, 0.25) is 0 Å². The van der Waals surface area contributed by atoms with Crippen molar-refractivity contribution in [2.45, 2.75) is 63.6 Å². The Balaban J connectivity index is 1.96. The standard InChI is InChI=1S/C14H28N2O/c1-11-9-13(17-2)7-8-16(11)14-6-4-3-5-12(14)10-15/h11-14H,3-10,15H2,1-2H3. The quantitative estimate of drug-likeness (QED) is 0.820. The third-order valence-corrected chi connectivity index (χ3v) is 4.81. The van der Waals surface area contributed by atoms with E-state index in [1.165, 1.54) is 45.1 Å². The number of nitrogens with zero attached hydrogens (tertiary/aromatic N) is 1. The van der Waals surface area contributed by atoms with Gasteiger partial charge in [-0.1, -0.05) is 12.8 Å². The molecule has 1 saturated heterocycles. The van der Waals surface area contributed by atoms with Crippen molar-refractivity contribution in [3.63, 3.8) is 0 Å². The molecule has 0 spiro atoms. The number of hydrogen-bond acceptors (Lipinski definition) is 3. The second-order valence-corrected chi connectivity index (χ2v) is 5.82. The molecule has 2 fully saturated rings. The lowest BCUT2D eigenvalue weighted by Gasteiger charge is -2.46. The van der Waals surface area contributed by atoms with Gasteiger partial charge in [0.1, 0.15) is 0 Å². The van der Waals surface area contributed by atoms with E-state index in [4.69, 9.17) is 10.5 Å². The van der Waals surface area contributed by atoms with Crippen molar-refractivity contribution in [1.82, 2.24) is 4.90 Å². The van der Waals surface area contributed by atoms with Crippen molar-refractivity contribution in [3.8, 4) is 0 Å². The van der Waals surface area contributed by atoms with Gasteiger partial charge < -0.3 is 10.5 Å². The maximum atomic E-state index is 5.95. The van der Waals surface area contributed by atoms with Crippen LogP contribution < -0.4 is 5.73 Å². The van der Waals surface area contributed by atoms with Crippen molar-refractivity contribution < 1.29 is 4.74 Å². The zero-order valence-electron chi connectivity index (χ0n) is 11.4. The van der Waals surface area contributed by atoms with E-state index in [-0.39, 0.29) is 0 Å². The number of rotatable bonds is 3. The van der Waals surface area contributed by atoms with Crippen LogP contribution in [-0.4, -0.2) is 43.3 Å². The normalized spacial score (nSPS) is 40.4. The number of ether oxygens (including phenoxy) is 1. The molecular weight excluding hydrogens is 212 g/mol. The Morgan fingerprint density at radius 2 is 2.00 bits per heavy atom. The number of hydrogen-bond donors (Lipinski definition) is 1. The molecule has 1 aliphatic heterocycles. The van der Waals surface area contributed by atoms with Gasteiger partial charge in [-0.3, -0.25) is 4.90 Å². The van der Waals surface area contributed by atoms with Crippen molar-refractivity contribution in [3.05, 3.63) is 0 Å². The van der Waals surface area contributed by atoms with Crippen LogP contribution in [-0.2, 0) is 4.74 Å². The second-order valence-electron chi connectivity index (χ2n) is 5.82. The van der Waals surface area contributed by atoms with Crippen molar-refractivity contribution in [2.24, 2.45) is 11.7 Å². The molecule has 0 bridgehead atoms. The van der Waals surface area contributed by atoms with Crippen LogP contribution in [0, 0.1) is 5.92 Å². The molecule has 1 heterocycles. The molecule has 100 valence electrons. The van der Waals surface area contributed by atoms with E-state index >= 15 is 0 Å². The molecule has 2 aliphatic rings. The molecule has 0 aromatic carbocycles. The zero-order chi connectivity index (χ0) is 12.3. The first-order valence-corrected chi connectivity index (χ1v) is 7.24. The summed E-state index contributed by atoms with van der Waals surface area (Å²) in [4.78, 5) is 2.71. The Labute approximate surface area is 106 Å². The average Bonchev–Trinajstić information content (AvgIpc) is 2.38. The first-order valence-electron chi connectivity index (χ1n) is 7.24. The fourth-order valence-corrected chi connectivity index (χ4v) is 3.75. The molecule has 1 aliphatic carbocycles. The Hall–Kier alpha value is -0.120. The number of likely N-dealkylation sites (tertiary alicyclic amines) is 1. The largest absolute Gasteiger partial charge is 0.381 e. The van der Waals surface area contributed by atoms with E-state index < -0.39 is 0 Å². The molecule has 17 heavy (non-hydrogen) atoms. The summed E-state index contributed by atoms with van der Waals surface area (Å²) in [5.41, 5.74) is 5.95. The summed E-state index contributed by atoms with van der Waals surface area (Å²) in [5, 5.41) is 0. The van der Waals surface area contributed by atoms with Gasteiger partial charge in [0.05, 0.1) is 6.10 Å². The highest BCUT2D eigenvalue weighted by molar-refractivity contribution is 4.90. The van der Waals surface area contributed by atoms with Gasteiger partial charge in [0.15, 0.2) is 0 Å². The van der Waals surface area contributed by atoms with Gasteiger partial charge in [-0.05, 0) is 45.1 Å². The molecule has 0 aromatic heterocycles. The molecule has 3 heteroatoms. The smallest absolute Gasteiger partial charge is 0.0598 e. The Kier molecular flexibility index (Phi) is 4.83. The summed E-state index contributed by atoms with van der Waals surface area (Å²) >= 11 is 0. The summed E-state index contributed by atoms with van der Waals surface area (Å²) in [7, 11) is 1.84. The van der Waals surface area contributed by atoms with E-state index in [1.54, 1.807) is 0 Å². The van der Waals surface area contributed by atoms with Gasteiger partial charge in [-0.15, -0.1) is 0 Å². The highest BCUT2D eigenvalue weighted by Crippen LogP contribution is 2.32. The van der Waals surface area contributed by atoms with Gasteiger partial charge in [0, 0.05) is 25.7 Å². The second kappa shape index (κ2) is 6.17. The van der Waals surface area contributed by atoms with E-state index in [0.29, 0.717) is 12.1 Å². The highest BCUT2D eigenvalue weighted by atomic mass is 16.5. The van der Waals surface area contributed by atoms with Gasteiger partial charge in [-0.2, -0.15) is 0 Å². The van der Waals surface area contributed by atoms with Crippen LogP contribution in [0.1, 0.15) is 45.4 Å². The van der Waals surface area contributed by atoms with E-state index in [2.05, 4.69) is 11.8 Å². The first kappa shape index (κ1) is 13.3. The maximum Gasteiger partial charge on any atom is 0.0598 e. The van der Waals surface area contributed by atoms with Crippen LogP contribution in [0.3, 0.4) is 0 Å².